The van der Waals surface area contributed by atoms with Crippen molar-refractivity contribution in [2.75, 3.05) is 4.90 Å². The van der Waals surface area contributed by atoms with E-state index in [-0.39, 0.29) is 11.6 Å². The van der Waals surface area contributed by atoms with Gasteiger partial charge in [-0.3, -0.25) is 4.79 Å². The van der Waals surface area contributed by atoms with Crippen molar-refractivity contribution in [2.45, 2.75) is 25.4 Å². The quantitative estimate of drug-likeness (QED) is 0.589. The maximum Gasteiger partial charge on any atom is 0.298 e. The largest absolute Gasteiger partial charge is 0.423 e. The minimum Gasteiger partial charge on any atom is -0.423 e. The Morgan fingerprint density at radius 1 is 1.19 bits per heavy atom. The normalized spacial score (nSPS) is 14.1. The number of nitrogens with one attached hydrogen (secondary N) is 1. The predicted octanol–water partition coefficient (Wildman–Crippen LogP) is 4.12. The Hall–Kier alpha value is -3.22. The summed E-state index contributed by atoms with van der Waals surface area (Å²) in [6.07, 6.45) is 1.98. The van der Waals surface area contributed by atoms with E-state index >= 15 is 0 Å². The van der Waals surface area contributed by atoms with Gasteiger partial charge in [0.05, 0.1) is 5.52 Å². The summed E-state index contributed by atoms with van der Waals surface area (Å²) in [6.45, 7) is 0.322. The number of para-hydroxylation sites is 2. The van der Waals surface area contributed by atoms with Gasteiger partial charge in [-0.1, -0.05) is 12.1 Å². The second-order valence-corrected chi connectivity index (χ2v) is 6.77. The highest BCUT2D eigenvalue weighted by Crippen LogP contribution is 2.35. The number of hydrogen-bond acceptors (Lipinski definition) is 4. The number of oxazole rings is 1. The molecule has 0 saturated heterocycles. The van der Waals surface area contributed by atoms with Crippen LogP contribution >= 0.6 is 0 Å². The van der Waals surface area contributed by atoms with E-state index in [4.69, 9.17) is 4.42 Å². The molecule has 2 aromatic heterocycles. The molecule has 7 heteroatoms. The van der Waals surface area contributed by atoms with E-state index in [9.17, 15) is 13.6 Å². The van der Waals surface area contributed by atoms with Crippen molar-refractivity contribution < 1.29 is 13.2 Å². The number of pyridine rings is 1. The van der Waals surface area contributed by atoms with Gasteiger partial charge in [-0.05, 0) is 42.7 Å². The molecule has 2 heterocycles. The minimum atomic E-state index is -1.05. The van der Waals surface area contributed by atoms with Gasteiger partial charge in [0.2, 0.25) is 5.56 Å². The molecule has 5 nitrogen and oxygen atoms in total. The van der Waals surface area contributed by atoms with E-state index in [1.807, 2.05) is 29.2 Å². The van der Waals surface area contributed by atoms with Crippen LogP contribution in [0.4, 0.5) is 14.8 Å². The molecule has 0 bridgehead atoms. The molecule has 0 atom stereocenters. The minimum absolute atomic E-state index is 0.120. The number of hydrogen-bond donors (Lipinski definition) is 1. The van der Waals surface area contributed by atoms with E-state index in [0.29, 0.717) is 29.1 Å². The van der Waals surface area contributed by atoms with Crippen LogP contribution in [0.1, 0.15) is 18.4 Å². The first kappa shape index (κ1) is 16.0. The molecule has 5 rings (SSSR count). The molecule has 0 spiro atoms. The number of anilines is 1. The Kier molecular flexibility index (Phi) is 3.50. The zero-order valence-electron chi connectivity index (χ0n) is 14.2. The van der Waals surface area contributed by atoms with Gasteiger partial charge < -0.3 is 14.3 Å². The third-order valence-electron chi connectivity index (χ3n) is 4.85. The van der Waals surface area contributed by atoms with Gasteiger partial charge in [-0.25, -0.2) is 8.78 Å². The molecule has 1 N–H and O–H groups in total. The van der Waals surface area contributed by atoms with Gasteiger partial charge in [0, 0.05) is 24.0 Å². The van der Waals surface area contributed by atoms with Gasteiger partial charge in [0.25, 0.3) is 6.01 Å². The second kappa shape index (κ2) is 5.90. The molecule has 1 aliphatic rings. The lowest BCUT2D eigenvalue weighted by molar-refractivity contribution is 0.515. The van der Waals surface area contributed by atoms with E-state index in [2.05, 4.69) is 9.97 Å². The topological polar surface area (TPSA) is 62.1 Å². The summed E-state index contributed by atoms with van der Waals surface area (Å²) in [7, 11) is 0. The fraction of sp³-hybridized carbons (Fsp3) is 0.200. The molecule has 1 aliphatic carbocycles. The van der Waals surface area contributed by atoms with Crippen LogP contribution in [0.25, 0.3) is 22.0 Å². The predicted molar refractivity (Wildman–Crippen MR) is 97.7 cm³/mol. The number of rotatable bonds is 4. The van der Waals surface area contributed by atoms with Gasteiger partial charge in [-0.2, -0.15) is 4.98 Å². The maximum absolute atomic E-state index is 14.1. The average Bonchev–Trinajstić information content (AvgIpc) is 3.40. The number of nitrogens with zero attached hydrogens (tertiary/aromatic N) is 2. The molecule has 2 aromatic carbocycles. The summed E-state index contributed by atoms with van der Waals surface area (Å²) in [6, 6.07) is 12.2. The molecular formula is C20H15F2N3O2. The highest BCUT2D eigenvalue weighted by atomic mass is 19.2. The molecular weight excluding hydrogens is 352 g/mol. The highest BCUT2D eigenvalue weighted by Gasteiger charge is 2.33. The summed E-state index contributed by atoms with van der Waals surface area (Å²) in [4.78, 5) is 20.9. The smallest absolute Gasteiger partial charge is 0.298 e. The van der Waals surface area contributed by atoms with Crippen LogP contribution in [-0.4, -0.2) is 16.0 Å². The Bertz CT molecular complexity index is 1190. The lowest BCUT2D eigenvalue weighted by Crippen LogP contribution is -2.26. The Labute approximate surface area is 152 Å². The number of aromatic nitrogens is 2. The molecule has 0 radical (unpaired) electrons. The summed E-state index contributed by atoms with van der Waals surface area (Å²) < 4.78 is 33.6. The third kappa shape index (κ3) is 2.75. The first-order valence-corrected chi connectivity index (χ1v) is 8.72. The summed E-state index contributed by atoms with van der Waals surface area (Å²) in [5.74, 6) is -2.04. The summed E-state index contributed by atoms with van der Waals surface area (Å²) in [5, 5.41) is 0.468. The molecule has 0 aliphatic heterocycles. The summed E-state index contributed by atoms with van der Waals surface area (Å²) in [5.41, 5.74) is 1.44. The average molecular weight is 367 g/mol. The second-order valence-electron chi connectivity index (χ2n) is 6.77. The maximum atomic E-state index is 14.1. The van der Waals surface area contributed by atoms with Crippen molar-refractivity contribution in [2.24, 2.45) is 0 Å². The Morgan fingerprint density at radius 3 is 2.78 bits per heavy atom. The van der Waals surface area contributed by atoms with Crippen LogP contribution in [0.3, 0.4) is 0 Å². The molecule has 27 heavy (non-hydrogen) atoms. The van der Waals surface area contributed by atoms with Crippen LogP contribution in [0.5, 0.6) is 0 Å². The van der Waals surface area contributed by atoms with E-state index in [1.54, 1.807) is 0 Å². The Morgan fingerprint density at radius 2 is 2.00 bits per heavy atom. The van der Waals surface area contributed by atoms with Crippen LogP contribution in [0.2, 0.25) is 0 Å². The van der Waals surface area contributed by atoms with Gasteiger partial charge in [0.1, 0.15) is 5.52 Å². The van der Waals surface area contributed by atoms with E-state index < -0.39 is 17.2 Å². The fourth-order valence-electron chi connectivity index (χ4n) is 3.37. The van der Waals surface area contributed by atoms with E-state index in [0.717, 1.165) is 24.4 Å². The SMILES string of the molecule is O=c1cc(CN(c2nc3ccccc3o2)C2CC2)c2ccc(F)c(F)c2[nH]1. The molecule has 136 valence electrons. The lowest BCUT2D eigenvalue weighted by atomic mass is 10.1. The monoisotopic (exact) mass is 367 g/mol. The fourth-order valence-corrected chi connectivity index (χ4v) is 3.37. The Balaban J connectivity index is 1.61. The van der Waals surface area contributed by atoms with Crippen LogP contribution < -0.4 is 10.5 Å². The molecule has 1 fully saturated rings. The van der Waals surface area contributed by atoms with Gasteiger partial charge in [0.15, 0.2) is 17.2 Å². The zero-order chi connectivity index (χ0) is 18.5. The molecule has 1 saturated carbocycles. The number of H-pyrrole nitrogens is 1. The lowest BCUT2D eigenvalue weighted by Gasteiger charge is -2.21. The first-order chi connectivity index (χ1) is 13.1. The first-order valence-electron chi connectivity index (χ1n) is 8.72. The van der Waals surface area contributed by atoms with Crippen molar-refractivity contribution >= 4 is 28.0 Å². The van der Waals surface area contributed by atoms with Crippen molar-refractivity contribution in [3.8, 4) is 0 Å². The molecule has 0 amide bonds. The number of aromatic amines is 1. The van der Waals surface area contributed by atoms with Crippen molar-refractivity contribution in [3.05, 3.63) is 70.0 Å². The van der Waals surface area contributed by atoms with Crippen LogP contribution in [-0.2, 0) is 6.54 Å². The third-order valence-corrected chi connectivity index (χ3v) is 4.85. The number of halogens is 2. The van der Waals surface area contributed by atoms with Crippen LogP contribution in [0.15, 0.2) is 51.7 Å². The van der Waals surface area contributed by atoms with Crippen molar-refractivity contribution in [1.82, 2.24) is 9.97 Å². The summed E-state index contributed by atoms with van der Waals surface area (Å²) >= 11 is 0. The highest BCUT2D eigenvalue weighted by molar-refractivity contribution is 5.83. The molecule has 4 aromatic rings. The standard InChI is InChI=1S/C20H15F2N3O2/c21-14-8-7-13-11(9-17(26)24-19(13)18(14)22)10-25(12-5-6-12)20-23-15-3-1-2-4-16(15)27-20/h1-4,7-9,12H,5-6,10H2,(H,24,26). The van der Waals surface area contributed by atoms with Gasteiger partial charge >= 0.3 is 0 Å². The van der Waals surface area contributed by atoms with Crippen LogP contribution in [0, 0.1) is 11.6 Å². The van der Waals surface area contributed by atoms with Crippen molar-refractivity contribution in [1.29, 1.82) is 0 Å². The van der Waals surface area contributed by atoms with E-state index in [1.165, 1.54) is 12.1 Å². The molecule has 0 unspecified atom stereocenters. The van der Waals surface area contributed by atoms with Gasteiger partial charge in [-0.15, -0.1) is 0 Å². The number of fused-ring (bicyclic) bond motifs is 2. The zero-order valence-corrected chi connectivity index (χ0v) is 14.2. The van der Waals surface area contributed by atoms with Crippen molar-refractivity contribution in [3.63, 3.8) is 0 Å². The number of benzene rings is 2.